The molecule has 0 aliphatic carbocycles. The normalized spacial score (nSPS) is 11.7. The number of aromatic nitrogens is 5. The summed E-state index contributed by atoms with van der Waals surface area (Å²) >= 11 is 2.46. The molecule has 0 saturated heterocycles. The van der Waals surface area contributed by atoms with E-state index in [-0.39, 0.29) is 11.7 Å². The average Bonchev–Trinajstić information content (AvgIpc) is 3.43. The zero-order valence-electron chi connectivity index (χ0n) is 15.1. The Morgan fingerprint density at radius 2 is 2.32 bits per heavy atom. The molecular weight excluding hydrogens is 401 g/mol. The van der Waals surface area contributed by atoms with E-state index in [1.807, 2.05) is 6.07 Å². The van der Waals surface area contributed by atoms with Crippen LogP contribution < -0.4 is 0 Å². The first kappa shape index (κ1) is 18.4. The molecule has 11 heteroatoms. The number of aldehydes is 1. The van der Waals surface area contributed by atoms with Gasteiger partial charge in [0.2, 0.25) is 5.13 Å². The van der Waals surface area contributed by atoms with Crippen molar-refractivity contribution in [1.82, 2.24) is 29.7 Å². The van der Waals surface area contributed by atoms with Crippen molar-refractivity contribution in [3.63, 3.8) is 0 Å². The number of aryl methyl sites for hydroxylation is 1. The number of nitrogens with zero attached hydrogens (tertiary/aromatic N) is 6. The minimum absolute atomic E-state index is 0.241. The fourth-order valence-electron chi connectivity index (χ4n) is 2.83. The molecule has 0 unspecified atom stereocenters. The van der Waals surface area contributed by atoms with Crippen molar-refractivity contribution in [3.05, 3.63) is 50.6 Å². The van der Waals surface area contributed by atoms with Gasteiger partial charge in [-0.1, -0.05) is 11.3 Å². The zero-order chi connectivity index (χ0) is 19.7. The van der Waals surface area contributed by atoms with Crippen LogP contribution in [0.15, 0.2) is 22.9 Å². The number of hydrogen-bond donors (Lipinski definition) is 1. The number of H-pyrrole nitrogens is 1. The molecule has 0 amide bonds. The van der Waals surface area contributed by atoms with E-state index in [2.05, 4.69) is 25.3 Å². The molecule has 4 rings (SSSR count). The Balaban J connectivity index is 1.63. The summed E-state index contributed by atoms with van der Waals surface area (Å²) in [6, 6.07) is 1.90. The van der Waals surface area contributed by atoms with Gasteiger partial charge in [-0.15, -0.1) is 11.3 Å². The average molecular weight is 417 g/mol. The van der Waals surface area contributed by atoms with Crippen LogP contribution in [-0.4, -0.2) is 49.3 Å². The predicted octanol–water partition coefficient (Wildman–Crippen LogP) is 2.82. The van der Waals surface area contributed by atoms with Crippen LogP contribution in [0.5, 0.6) is 0 Å². The van der Waals surface area contributed by atoms with Crippen LogP contribution >= 0.6 is 22.7 Å². The Hall–Kier alpha value is -2.92. The van der Waals surface area contributed by atoms with Crippen LogP contribution in [0, 0.1) is 5.13 Å². The van der Waals surface area contributed by atoms with Gasteiger partial charge in [0.1, 0.15) is 10.7 Å². The summed E-state index contributed by atoms with van der Waals surface area (Å²) < 4.78 is 16.2. The fourth-order valence-corrected chi connectivity index (χ4v) is 4.48. The van der Waals surface area contributed by atoms with Crippen LogP contribution in [0.25, 0.3) is 10.3 Å². The molecule has 0 radical (unpaired) electrons. The molecule has 1 N–H and O–H groups in total. The highest BCUT2D eigenvalue weighted by Gasteiger charge is 2.19. The standard InChI is InChI=1S/C17H16FN7OS2/c1-24(7-12-16(18)27-9-19-12)21-6-11-13(8-26)25(2)17-15(11)28-14(22-17)5-10-3-4-20-23-10/h3-4,6,8-9H,5,7H2,1-2H3,(H,20,23)/b21-6-. The third kappa shape index (κ3) is 3.45. The molecule has 0 fully saturated rings. The molecule has 8 nitrogen and oxygen atoms in total. The Kier molecular flexibility index (Phi) is 5.01. The highest BCUT2D eigenvalue weighted by atomic mass is 32.1. The number of rotatable bonds is 7. The summed E-state index contributed by atoms with van der Waals surface area (Å²) in [6.45, 7) is 0.241. The number of hydrogen-bond acceptors (Lipinski definition) is 8. The number of carbonyl (C=O) groups excluding carboxylic acids is 1. The number of aromatic amines is 1. The number of halogens is 1. The van der Waals surface area contributed by atoms with E-state index >= 15 is 0 Å². The Bertz CT molecular complexity index is 1140. The highest BCUT2D eigenvalue weighted by Crippen LogP contribution is 2.30. The molecule has 4 aromatic rings. The van der Waals surface area contributed by atoms with Gasteiger partial charge in [-0.2, -0.15) is 14.6 Å². The second-order valence-electron chi connectivity index (χ2n) is 6.11. The quantitative estimate of drug-likeness (QED) is 0.284. The molecule has 0 bridgehead atoms. The van der Waals surface area contributed by atoms with E-state index in [9.17, 15) is 9.18 Å². The number of fused-ring (bicyclic) bond motifs is 1. The lowest BCUT2D eigenvalue weighted by Crippen LogP contribution is -2.12. The van der Waals surface area contributed by atoms with Crippen molar-refractivity contribution >= 4 is 45.5 Å². The van der Waals surface area contributed by atoms with Crippen LogP contribution in [0.2, 0.25) is 0 Å². The first-order valence-electron chi connectivity index (χ1n) is 8.31. The number of nitrogens with one attached hydrogen (secondary N) is 1. The topological polar surface area (TPSA) is 92.1 Å². The second-order valence-corrected chi connectivity index (χ2v) is 8.00. The van der Waals surface area contributed by atoms with Gasteiger partial charge in [0.15, 0.2) is 11.9 Å². The van der Waals surface area contributed by atoms with Gasteiger partial charge in [-0.25, -0.2) is 9.97 Å². The molecule has 0 aromatic carbocycles. The molecule has 0 aliphatic heterocycles. The molecule has 144 valence electrons. The van der Waals surface area contributed by atoms with Crippen molar-refractivity contribution in [2.45, 2.75) is 13.0 Å². The van der Waals surface area contributed by atoms with Crippen molar-refractivity contribution in [3.8, 4) is 0 Å². The van der Waals surface area contributed by atoms with E-state index in [1.165, 1.54) is 16.8 Å². The van der Waals surface area contributed by atoms with Crippen LogP contribution in [0.3, 0.4) is 0 Å². The summed E-state index contributed by atoms with van der Waals surface area (Å²) in [4.78, 5) is 20.3. The minimum atomic E-state index is -0.316. The van der Waals surface area contributed by atoms with Gasteiger partial charge in [-0.3, -0.25) is 14.9 Å². The van der Waals surface area contributed by atoms with Gasteiger partial charge in [0, 0.05) is 32.3 Å². The molecule has 4 heterocycles. The molecule has 0 saturated carbocycles. The van der Waals surface area contributed by atoms with E-state index in [1.54, 1.807) is 36.1 Å². The monoisotopic (exact) mass is 417 g/mol. The summed E-state index contributed by atoms with van der Waals surface area (Å²) in [6.07, 6.45) is 4.79. The van der Waals surface area contributed by atoms with E-state index in [4.69, 9.17) is 0 Å². The van der Waals surface area contributed by atoms with Crippen molar-refractivity contribution in [1.29, 1.82) is 0 Å². The van der Waals surface area contributed by atoms with Crippen LogP contribution in [0.1, 0.15) is 32.4 Å². The van der Waals surface area contributed by atoms with Crippen molar-refractivity contribution in [2.24, 2.45) is 12.1 Å². The fraction of sp³-hybridized carbons (Fsp3) is 0.235. The van der Waals surface area contributed by atoms with E-state index in [0.717, 1.165) is 38.7 Å². The lowest BCUT2D eigenvalue weighted by atomic mass is 10.3. The van der Waals surface area contributed by atoms with Crippen molar-refractivity contribution in [2.75, 3.05) is 7.05 Å². The zero-order valence-corrected chi connectivity index (χ0v) is 16.7. The SMILES string of the molecule is CN(Cc1ncsc1F)/N=C\c1c(C=O)n(C)c2nc(Cc3cc[nH]n3)sc12. The molecule has 4 aromatic heterocycles. The van der Waals surface area contributed by atoms with E-state index < -0.39 is 0 Å². The Morgan fingerprint density at radius 3 is 3.00 bits per heavy atom. The summed E-state index contributed by atoms with van der Waals surface area (Å²) in [7, 11) is 3.53. The van der Waals surface area contributed by atoms with Gasteiger partial charge in [-0.05, 0) is 6.07 Å². The molecular formula is C17H16FN7OS2. The lowest BCUT2D eigenvalue weighted by molar-refractivity contribution is 0.111. The Labute approximate surface area is 167 Å². The van der Waals surface area contributed by atoms with Gasteiger partial charge < -0.3 is 4.57 Å². The maximum atomic E-state index is 13.6. The second kappa shape index (κ2) is 7.60. The lowest BCUT2D eigenvalue weighted by Gasteiger charge is -2.10. The van der Waals surface area contributed by atoms with Crippen LogP contribution in [0.4, 0.5) is 4.39 Å². The van der Waals surface area contributed by atoms with Gasteiger partial charge >= 0.3 is 0 Å². The third-order valence-electron chi connectivity index (χ3n) is 4.21. The minimum Gasteiger partial charge on any atom is -0.325 e. The molecule has 0 spiro atoms. The van der Waals surface area contributed by atoms with Gasteiger partial charge in [0.25, 0.3) is 0 Å². The Morgan fingerprint density at radius 1 is 1.46 bits per heavy atom. The van der Waals surface area contributed by atoms with E-state index in [0.29, 0.717) is 23.4 Å². The first-order valence-corrected chi connectivity index (χ1v) is 10.0. The largest absolute Gasteiger partial charge is 0.325 e. The molecule has 28 heavy (non-hydrogen) atoms. The summed E-state index contributed by atoms with van der Waals surface area (Å²) in [5.41, 5.74) is 4.63. The third-order valence-corrected chi connectivity index (χ3v) is 5.94. The van der Waals surface area contributed by atoms with Crippen LogP contribution in [-0.2, 0) is 20.0 Å². The summed E-state index contributed by atoms with van der Waals surface area (Å²) in [5, 5.41) is 13.5. The number of carbonyl (C=O) groups is 1. The number of hydrazone groups is 1. The van der Waals surface area contributed by atoms with Crippen molar-refractivity contribution < 1.29 is 9.18 Å². The molecule has 0 aliphatic rings. The highest BCUT2D eigenvalue weighted by molar-refractivity contribution is 7.19. The molecule has 0 atom stereocenters. The summed E-state index contributed by atoms with van der Waals surface area (Å²) in [5.74, 6) is 0. The number of thiazole rings is 2. The predicted molar refractivity (Wildman–Crippen MR) is 107 cm³/mol. The smallest absolute Gasteiger partial charge is 0.201 e. The first-order chi connectivity index (χ1) is 13.6. The maximum absolute atomic E-state index is 13.6. The maximum Gasteiger partial charge on any atom is 0.201 e. The van der Waals surface area contributed by atoms with Gasteiger partial charge in [0.05, 0.1) is 34.4 Å².